The first-order chi connectivity index (χ1) is 14.3. The third-order valence-corrected chi connectivity index (χ3v) is 5.65. The zero-order chi connectivity index (χ0) is 19.2. The molecule has 6 rings (SSSR count). The van der Waals surface area contributed by atoms with Gasteiger partial charge in [0.05, 0.1) is 11.8 Å². The van der Waals surface area contributed by atoms with Crippen LogP contribution in [0.15, 0.2) is 67.4 Å². The number of H-pyrrole nitrogens is 1. The van der Waals surface area contributed by atoms with Crippen molar-refractivity contribution in [3.8, 4) is 11.1 Å². The van der Waals surface area contributed by atoms with Gasteiger partial charge in [0.15, 0.2) is 5.65 Å². The summed E-state index contributed by atoms with van der Waals surface area (Å²) in [5.74, 6) is 0.986. The fraction of sp³-hybridized carbons (Fsp3) is 0.130. The van der Waals surface area contributed by atoms with Gasteiger partial charge in [-0.3, -0.25) is 0 Å². The maximum Gasteiger partial charge on any atom is 0.157 e. The van der Waals surface area contributed by atoms with Gasteiger partial charge < -0.3 is 9.88 Å². The van der Waals surface area contributed by atoms with Crippen LogP contribution in [0, 0.1) is 0 Å². The second-order valence-corrected chi connectivity index (χ2v) is 7.36. The summed E-state index contributed by atoms with van der Waals surface area (Å²) < 4.78 is 0. The van der Waals surface area contributed by atoms with Gasteiger partial charge in [0.25, 0.3) is 0 Å². The number of hydrogen-bond donors (Lipinski definition) is 1. The summed E-state index contributed by atoms with van der Waals surface area (Å²) in [6.45, 7) is 1.82. The lowest BCUT2D eigenvalue weighted by Gasteiger charge is -2.30. The highest BCUT2D eigenvalue weighted by Crippen LogP contribution is 2.31. The van der Waals surface area contributed by atoms with E-state index >= 15 is 0 Å². The Balaban J connectivity index is 1.45. The SMILES string of the molecule is c1ccc2c(c1)CCN(c1ncnc3ccc(-c4cnc5[nH]cnc5c4)cc13)C2. The molecular formula is C23H18N6. The van der Waals surface area contributed by atoms with Gasteiger partial charge in [-0.1, -0.05) is 30.3 Å². The van der Waals surface area contributed by atoms with Gasteiger partial charge in [-0.15, -0.1) is 0 Å². The first-order valence-corrected chi connectivity index (χ1v) is 9.71. The van der Waals surface area contributed by atoms with Gasteiger partial charge in [-0.05, 0) is 41.3 Å². The van der Waals surface area contributed by atoms with Crippen LogP contribution in [0.4, 0.5) is 5.82 Å². The molecule has 140 valence electrons. The standard InChI is InChI=1S/C23H18N6/c1-2-4-17-12-29(8-7-15(17)3-1)23-19-9-16(5-6-20(19)25-14-28-23)18-10-21-22(24-11-18)27-13-26-21/h1-6,9-11,13-14H,7-8,12H2,(H,24,26,27). The van der Waals surface area contributed by atoms with Gasteiger partial charge in [0.2, 0.25) is 0 Å². The van der Waals surface area contributed by atoms with Crippen LogP contribution in [-0.2, 0) is 13.0 Å². The summed E-state index contributed by atoms with van der Waals surface area (Å²) in [5, 5.41) is 1.06. The Hall–Kier alpha value is -3.80. The molecule has 0 radical (unpaired) electrons. The molecule has 3 aromatic heterocycles. The Kier molecular flexibility index (Phi) is 3.56. The maximum absolute atomic E-state index is 4.66. The second kappa shape index (κ2) is 6.38. The van der Waals surface area contributed by atoms with Gasteiger partial charge in [0, 0.05) is 30.2 Å². The highest BCUT2D eigenvalue weighted by molar-refractivity contribution is 5.93. The number of imidazole rings is 1. The predicted octanol–water partition coefficient (Wildman–Crippen LogP) is 4.13. The van der Waals surface area contributed by atoms with Crippen molar-refractivity contribution < 1.29 is 0 Å². The molecule has 0 bridgehead atoms. The van der Waals surface area contributed by atoms with E-state index in [1.807, 2.05) is 6.20 Å². The number of nitrogens with zero attached hydrogens (tertiary/aromatic N) is 5. The largest absolute Gasteiger partial charge is 0.351 e. The van der Waals surface area contributed by atoms with E-state index in [2.05, 4.69) is 78.4 Å². The minimum Gasteiger partial charge on any atom is -0.351 e. The third-order valence-electron chi connectivity index (χ3n) is 5.65. The summed E-state index contributed by atoms with van der Waals surface area (Å²) in [6, 6.07) is 17.0. The quantitative estimate of drug-likeness (QED) is 0.500. The number of rotatable bonds is 2. The topological polar surface area (TPSA) is 70.6 Å². The molecule has 29 heavy (non-hydrogen) atoms. The first-order valence-electron chi connectivity index (χ1n) is 9.71. The number of benzene rings is 2. The summed E-state index contributed by atoms with van der Waals surface area (Å²) >= 11 is 0. The smallest absolute Gasteiger partial charge is 0.157 e. The lowest BCUT2D eigenvalue weighted by atomic mass is 9.99. The van der Waals surface area contributed by atoms with E-state index in [-0.39, 0.29) is 0 Å². The molecule has 0 amide bonds. The molecule has 6 nitrogen and oxygen atoms in total. The van der Waals surface area contributed by atoms with Gasteiger partial charge in [-0.25, -0.2) is 19.9 Å². The van der Waals surface area contributed by atoms with E-state index < -0.39 is 0 Å². The Morgan fingerprint density at radius 3 is 2.72 bits per heavy atom. The van der Waals surface area contributed by atoms with E-state index in [9.17, 15) is 0 Å². The molecule has 4 heterocycles. The molecule has 1 N–H and O–H groups in total. The number of aromatic amines is 1. The molecule has 0 atom stereocenters. The van der Waals surface area contributed by atoms with Crippen LogP contribution in [0.25, 0.3) is 33.2 Å². The monoisotopic (exact) mass is 378 g/mol. The van der Waals surface area contributed by atoms with Crippen LogP contribution in [0.2, 0.25) is 0 Å². The van der Waals surface area contributed by atoms with Crippen molar-refractivity contribution in [2.24, 2.45) is 0 Å². The minimum atomic E-state index is 0.797. The van der Waals surface area contributed by atoms with Crippen LogP contribution in [0.5, 0.6) is 0 Å². The van der Waals surface area contributed by atoms with Crippen molar-refractivity contribution in [3.63, 3.8) is 0 Å². The van der Waals surface area contributed by atoms with Gasteiger partial charge >= 0.3 is 0 Å². The van der Waals surface area contributed by atoms with Gasteiger partial charge in [0.1, 0.15) is 17.7 Å². The third kappa shape index (κ3) is 2.72. The number of fused-ring (bicyclic) bond motifs is 3. The molecule has 0 spiro atoms. The van der Waals surface area contributed by atoms with Crippen molar-refractivity contribution in [1.82, 2.24) is 24.9 Å². The average Bonchev–Trinajstić information content (AvgIpc) is 3.26. The number of pyridine rings is 1. The van der Waals surface area contributed by atoms with Crippen LogP contribution in [0.3, 0.4) is 0 Å². The zero-order valence-corrected chi connectivity index (χ0v) is 15.7. The summed E-state index contributed by atoms with van der Waals surface area (Å²) in [4.78, 5) is 23.3. The second-order valence-electron chi connectivity index (χ2n) is 7.36. The van der Waals surface area contributed by atoms with E-state index in [0.29, 0.717) is 0 Å². The molecule has 0 aliphatic carbocycles. The molecule has 1 aliphatic heterocycles. The van der Waals surface area contributed by atoms with Crippen molar-refractivity contribution in [3.05, 3.63) is 78.5 Å². The normalized spacial score (nSPS) is 13.7. The van der Waals surface area contributed by atoms with Crippen molar-refractivity contribution in [1.29, 1.82) is 0 Å². The minimum absolute atomic E-state index is 0.797. The highest BCUT2D eigenvalue weighted by atomic mass is 15.2. The predicted molar refractivity (Wildman–Crippen MR) is 114 cm³/mol. The Morgan fingerprint density at radius 2 is 1.76 bits per heavy atom. The fourth-order valence-corrected chi connectivity index (χ4v) is 4.13. The van der Waals surface area contributed by atoms with Crippen LogP contribution < -0.4 is 4.90 Å². The van der Waals surface area contributed by atoms with Crippen LogP contribution >= 0.6 is 0 Å². The number of hydrogen-bond acceptors (Lipinski definition) is 5. The summed E-state index contributed by atoms with van der Waals surface area (Å²) in [7, 11) is 0. The zero-order valence-electron chi connectivity index (χ0n) is 15.7. The van der Waals surface area contributed by atoms with Crippen LogP contribution in [0.1, 0.15) is 11.1 Å². The average molecular weight is 378 g/mol. The van der Waals surface area contributed by atoms with E-state index in [1.54, 1.807) is 12.7 Å². The molecule has 5 aromatic rings. The molecule has 0 saturated carbocycles. The summed E-state index contributed by atoms with van der Waals surface area (Å²) in [6.07, 6.45) is 6.24. The summed E-state index contributed by atoms with van der Waals surface area (Å²) in [5.41, 5.74) is 7.53. The Bertz CT molecular complexity index is 1360. The molecule has 1 aliphatic rings. The van der Waals surface area contributed by atoms with E-state index in [4.69, 9.17) is 0 Å². The van der Waals surface area contributed by atoms with Crippen molar-refractivity contribution in [2.45, 2.75) is 13.0 Å². The van der Waals surface area contributed by atoms with Crippen molar-refractivity contribution in [2.75, 3.05) is 11.4 Å². The molecule has 0 unspecified atom stereocenters. The lowest BCUT2D eigenvalue weighted by molar-refractivity contribution is 0.723. The molecule has 0 saturated heterocycles. The first kappa shape index (κ1) is 16.2. The number of aromatic nitrogens is 5. The van der Waals surface area contributed by atoms with E-state index in [1.165, 1.54) is 11.1 Å². The Labute approximate surface area is 167 Å². The van der Waals surface area contributed by atoms with Gasteiger partial charge in [-0.2, -0.15) is 0 Å². The maximum atomic E-state index is 4.66. The van der Waals surface area contributed by atoms with Crippen LogP contribution in [-0.4, -0.2) is 31.5 Å². The fourth-order valence-electron chi connectivity index (χ4n) is 4.13. The highest BCUT2D eigenvalue weighted by Gasteiger charge is 2.19. The number of anilines is 1. The van der Waals surface area contributed by atoms with Crippen molar-refractivity contribution >= 4 is 27.9 Å². The lowest BCUT2D eigenvalue weighted by Crippen LogP contribution is -2.31. The number of nitrogens with one attached hydrogen (secondary N) is 1. The Morgan fingerprint density at radius 1 is 0.828 bits per heavy atom. The molecule has 6 heteroatoms. The molecular weight excluding hydrogens is 360 g/mol. The van der Waals surface area contributed by atoms with E-state index in [0.717, 1.165) is 58.5 Å². The molecule has 2 aromatic carbocycles. The molecule has 0 fully saturated rings.